The Balaban J connectivity index is 1.65. The molecule has 1 heterocycles. The van der Waals surface area contributed by atoms with Gasteiger partial charge in [0.2, 0.25) is 5.91 Å². The molecule has 0 fully saturated rings. The number of hydrogen-bond donors (Lipinski definition) is 1. The number of aromatic nitrogens is 3. The predicted molar refractivity (Wildman–Crippen MR) is 122 cm³/mol. The molecule has 1 unspecified atom stereocenters. The number of aryl methyl sites for hydroxylation is 1. The van der Waals surface area contributed by atoms with E-state index in [0.717, 1.165) is 11.3 Å². The molecule has 1 N–H and O–H groups in total. The first-order valence-electron chi connectivity index (χ1n) is 9.42. The highest BCUT2D eigenvalue weighted by atomic mass is 35.5. The predicted octanol–water partition coefficient (Wildman–Crippen LogP) is 5.78. The molecule has 158 valence electrons. The van der Waals surface area contributed by atoms with Crippen LogP contribution in [-0.2, 0) is 11.3 Å². The van der Waals surface area contributed by atoms with Crippen molar-refractivity contribution in [1.29, 1.82) is 0 Å². The summed E-state index contributed by atoms with van der Waals surface area (Å²) in [5, 5.41) is 12.7. The van der Waals surface area contributed by atoms with Gasteiger partial charge in [-0.2, -0.15) is 0 Å². The number of ether oxygens (including phenoxy) is 1. The number of nitrogens with one attached hydrogen (secondary N) is 1. The van der Waals surface area contributed by atoms with Crippen molar-refractivity contribution in [1.82, 2.24) is 14.8 Å². The van der Waals surface area contributed by atoms with E-state index in [4.69, 9.17) is 27.9 Å². The van der Waals surface area contributed by atoms with Crippen molar-refractivity contribution < 1.29 is 9.53 Å². The maximum atomic E-state index is 12.3. The van der Waals surface area contributed by atoms with Crippen LogP contribution < -0.4 is 10.1 Å². The Hall–Kier alpha value is -2.22. The summed E-state index contributed by atoms with van der Waals surface area (Å²) in [5.74, 6) is 1.44. The molecule has 0 saturated heterocycles. The number of rotatable bonds is 8. The quantitative estimate of drug-likeness (QED) is 0.427. The molecule has 6 nitrogen and oxygen atoms in total. The molecule has 0 aliphatic carbocycles. The van der Waals surface area contributed by atoms with E-state index in [1.165, 1.54) is 11.8 Å². The highest BCUT2D eigenvalue weighted by molar-refractivity contribution is 7.99. The summed E-state index contributed by atoms with van der Waals surface area (Å²) in [5.41, 5.74) is 1.60. The molecule has 0 radical (unpaired) electrons. The third-order valence-electron chi connectivity index (χ3n) is 4.29. The topological polar surface area (TPSA) is 69.0 Å². The third kappa shape index (κ3) is 5.47. The van der Waals surface area contributed by atoms with E-state index in [1.54, 1.807) is 18.2 Å². The van der Waals surface area contributed by atoms with Crippen molar-refractivity contribution in [2.45, 2.75) is 38.6 Å². The van der Waals surface area contributed by atoms with Crippen LogP contribution in [0.4, 0.5) is 5.69 Å². The fourth-order valence-corrected chi connectivity index (χ4v) is 4.02. The van der Waals surface area contributed by atoms with Gasteiger partial charge in [-0.3, -0.25) is 4.79 Å². The number of hydrogen-bond acceptors (Lipinski definition) is 5. The van der Waals surface area contributed by atoms with Crippen molar-refractivity contribution >= 4 is 46.6 Å². The lowest BCUT2D eigenvalue weighted by Crippen LogP contribution is -2.15. The largest absolute Gasteiger partial charge is 0.483 e. The molecular formula is C21H22Cl2N4O2S. The second-order valence-electron chi connectivity index (χ2n) is 6.60. The normalized spacial score (nSPS) is 11.9. The zero-order chi connectivity index (χ0) is 21.7. The minimum atomic E-state index is -0.285. The van der Waals surface area contributed by atoms with Gasteiger partial charge in [-0.05, 0) is 50.6 Å². The summed E-state index contributed by atoms with van der Waals surface area (Å²) in [6.07, 6.45) is -0.285. The van der Waals surface area contributed by atoms with Crippen molar-refractivity contribution in [3.8, 4) is 5.75 Å². The molecule has 0 saturated carbocycles. The molecule has 0 aliphatic heterocycles. The third-order valence-corrected chi connectivity index (χ3v) is 6.07. The van der Waals surface area contributed by atoms with Crippen LogP contribution in [0.2, 0.25) is 10.0 Å². The van der Waals surface area contributed by atoms with E-state index in [-0.39, 0.29) is 17.8 Å². The zero-order valence-electron chi connectivity index (χ0n) is 16.9. The van der Waals surface area contributed by atoms with Gasteiger partial charge in [0.15, 0.2) is 17.1 Å². The summed E-state index contributed by atoms with van der Waals surface area (Å²) in [6.45, 7) is 6.61. The van der Waals surface area contributed by atoms with Gasteiger partial charge in [-0.1, -0.05) is 53.2 Å². The van der Waals surface area contributed by atoms with Crippen LogP contribution in [0.15, 0.2) is 47.6 Å². The Morgan fingerprint density at radius 1 is 1.23 bits per heavy atom. The molecule has 3 aromatic rings. The molecule has 2 aromatic carbocycles. The standard InChI is InChI=1S/C21H22Cl2N4O2S/c1-4-27-20(14(3)29-15-8-5-7-13(2)11-15)25-26-21(27)30-12-18(28)24-17-10-6-9-16(22)19(17)23/h5-11,14H,4,12H2,1-3H3,(H,24,28). The Morgan fingerprint density at radius 3 is 2.73 bits per heavy atom. The maximum absolute atomic E-state index is 12.3. The fraction of sp³-hybridized carbons (Fsp3) is 0.286. The van der Waals surface area contributed by atoms with E-state index in [1.807, 2.05) is 49.6 Å². The lowest BCUT2D eigenvalue weighted by atomic mass is 10.2. The number of carbonyl (C=O) groups is 1. The van der Waals surface area contributed by atoms with Gasteiger partial charge in [-0.25, -0.2) is 0 Å². The summed E-state index contributed by atoms with van der Waals surface area (Å²) in [7, 11) is 0. The minimum Gasteiger partial charge on any atom is -0.483 e. The number of amides is 1. The molecule has 1 aromatic heterocycles. The maximum Gasteiger partial charge on any atom is 0.234 e. The molecule has 0 spiro atoms. The van der Waals surface area contributed by atoms with Gasteiger partial charge < -0.3 is 14.6 Å². The molecule has 1 atom stereocenters. The Morgan fingerprint density at radius 2 is 2.00 bits per heavy atom. The van der Waals surface area contributed by atoms with Crippen molar-refractivity contribution in [2.75, 3.05) is 11.1 Å². The fourth-order valence-electron chi connectivity index (χ4n) is 2.87. The molecule has 0 bridgehead atoms. The van der Waals surface area contributed by atoms with Crippen LogP contribution in [0.25, 0.3) is 0 Å². The molecule has 3 rings (SSSR count). The molecule has 30 heavy (non-hydrogen) atoms. The van der Waals surface area contributed by atoms with Gasteiger partial charge in [0.25, 0.3) is 0 Å². The summed E-state index contributed by atoms with van der Waals surface area (Å²) < 4.78 is 7.98. The van der Waals surface area contributed by atoms with Gasteiger partial charge in [0.1, 0.15) is 5.75 Å². The first kappa shape index (κ1) is 22.5. The molecular weight excluding hydrogens is 443 g/mol. The van der Waals surface area contributed by atoms with Crippen molar-refractivity contribution in [3.05, 3.63) is 63.9 Å². The second kappa shape index (κ2) is 10.2. The number of halogens is 2. The van der Waals surface area contributed by atoms with Crippen LogP contribution in [0.3, 0.4) is 0 Å². The number of benzene rings is 2. The van der Waals surface area contributed by atoms with Crippen molar-refractivity contribution in [3.63, 3.8) is 0 Å². The SMILES string of the molecule is CCn1c(SCC(=O)Nc2cccc(Cl)c2Cl)nnc1C(C)Oc1cccc(C)c1. The van der Waals surface area contributed by atoms with Crippen LogP contribution >= 0.6 is 35.0 Å². The Labute approximate surface area is 189 Å². The Bertz CT molecular complexity index is 1040. The van der Waals surface area contributed by atoms with E-state index in [2.05, 4.69) is 15.5 Å². The summed E-state index contributed by atoms with van der Waals surface area (Å²) in [6, 6.07) is 13.0. The minimum absolute atomic E-state index is 0.161. The summed E-state index contributed by atoms with van der Waals surface area (Å²) >= 11 is 13.4. The van der Waals surface area contributed by atoms with Gasteiger partial charge in [0.05, 0.1) is 21.5 Å². The number of carbonyl (C=O) groups excluding carboxylic acids is 1. The van der Waals surface area contributed by atoms with Gasteiger partial charge >= 0.3 is 0 Å². The smallest absolute Gasteiger partial charge is 0.234 e. The highest BCUT2D eigenvalue weighted by Crippen LogP contribution is 2.30. The van der Waals surface area contributed by atoms with E-state index in [0.29, 0.717) is 33.3 Å². The first-order chi connectivity index (χ1) is 14.4. The number of anilines is 1. The van der Waals surface area contributed by atoms with Gasteiger partial charge in [-0.15, -0.1) is 10.2 Å². The highest BCUT2D eigenvalue weighted by Gasteiger charge is 2.20. The second-order valence-corrected chi connectivity index (χ2v) is 8.33. The lowest BCUT2D eigenvalue weighted by molar-refractivity contribution is -0.113. The first-order valence-corrected chi connectivity index (χ1v) is 11.2. The number of nitrogens with zero attached hydrogens (tertiary/aromatic N) is 3. The van der Waals surface area contributed by atoms with Crippen molar-refractivity contribution in [2.24, 2.45) is 0 Å². The van der Waals surface area contributed by atoms with Crippen LogP contribution in [0, 0.1) is 6.92 Å². The van der Waals surface area contributed by atoms with Crippen LogP contribution in [0.1, 0.15) is 31.3 Å². The average molecular weight is 465 g/mol. The van der Waals surface area contributed by atoms with Crippen LogP contribution in [0.5, 0.6) is 5.75 Å². The monoisotopic (exact) mass is 464 g/mol. The molecule has 9 heteroatoms. The van der Waals surface area contributed by atoms with Crippen LogP contribution in [-0.4, -0.2) is 26.4 Å². The average Bonchev–Trinajstić information content (AvgIpc) is 3.13. The zero-order valence-corrected chi connectivity index (χ0v) is 19.2. The molecule has 1 amide bonds. The van der Waals surface area contributed by atoms with E-state index in [9.17, 15) is 4.79 Å². The van der Waals surface area contributed by atoms with E-state index < -0.39 is 0 Å². The lowest BCUT2D eigenvalue weighted by Gasteiger charge is -2.16. The Kier molecular flexibility index (Phi) is 7.64. The molecule has 0 aliphatic rings. The summed E-state index contributed by atoms with van der Waals surface area (Å²) in [4.78, 5) is 12.3. The van der Waals surface area contributed by atoms with E-state index >= 15 is 0 Å². The number of thioether (sulfide) groups is 1. The van der Waals surface area contributed by atoms with Gasteiger partial charge in [0, 0.05) is 6.54 Å².